The molecule has 40 heavy (non-hydrogen) atoms. The fourth-order valence-electron chi connectivity index (χ4n) is 4.39. The Hall–Kier alpha value is -3.48. The number of nitrogens with zero attached hydrogens (tertiary/aromatic N) is 2. The van der Waals surface area contributed by atoms with E-state index in [9.17, 15) is 0 Å². The van der Waals surface area contributed by atoms with Crippen molar-refractivity contribution in [2.24, 2.45) is 0 Å². The lowest BCUT2D eigenvalue weighted by atomic mass is 10.1. The van der Waals surface area contributed by atoms with Crippen LogP contribution in [-0.4, -0.2) is 24.6 Å². The second kappa shape index (κ2) is 16.6. The molecular weight excluding hydrogens is 529 g/mol. The average Bonchev–Trinajstić information content (AvgIpc) is 3.01. The van der Waals surface area contributed by atoms with Crippen molar-refractivity contribution in [2.75, 3.05) is 35.2 Å². The van der Waals surface area contributed by atoms with E-state index in [1.54, 1.807) is 0 Å². The SMILES string of the molecule is CC[n+]1ccccc1/C=C/c1ccccc1NCCSSCCNc1ccccc1/C=C/c1cccc[n+]1CC. The smallest absolute Gasteiger partial charge is 0.205 e. The van der Waals surface area contributed by atoms with Gasteiger partial charge in [0, 0.05) is 72.4 Å². The van der Waals surface area contributed by atoms with E-state index in [2.05, 4.69) is 155 Å². The molecule has 0 aliphatic heterocycles. The first-order valence-electron chi connectivity index (χ1n) is 14.0. The minimum absolute atomic E-state index is 0.932. The summed E-state index contributed by atoms with van der Waals surface area (Å²) in [4.78, 5) is 0. The zero-order valence-corrected chi connectivity index (χ0v) is 25.1. The molecule has 2 aromatic carbocycles. The first-order valence-corrected chi connectivity index (χ1v) is 16.5. The van der Waals surface area contributed by atoms with Gasteiger partial charge in [0.1, 0.15) is 13.1 Å². The quantitative estimate of drug-likeness (QED) is 0.0881. The topological polar surface area (TPSA) is 31.8 Å². The summed E-state index contributed by atoms with van der Waals surface area (Å²) in [6, 6.07) is 29.7. The van der Waals surface area contributed by atoms with Crippen LogP contribution in [0.25, 0.3) is 24.3 Å². The molecule has 0 atom stereocenters. The van der Waals surface area contributed by atoms with Crippen molar-refractivity contribution in [3.8, 4) is 0 Å². The van der Waals surface area contributed by atoms with Crippen molar-refractivity contribution in [3.63, 3.8) is 0 Å². The van der Waals surface area contributed by atoms with Crippen molar-refractivity contribution in [1.82, 2.24) is 0 Å². The van der Waals surface area contributed by atoms with Gasteiger partial charge in [0.15, 0.2) is 12.4 Å². The minimum Gasteiger partial charge on any atom is -0.384 e. The fourth-order valence-corrected chi connectivity index (χ4v) is 6.20. The van der Waals surface area contributed by atoms with Gasteiger partial charge in [0.2, 0.25) is 11.4 Å². The molecule has 206 valence electrons. The summed E-state index contributed by atoms with van der Waals surface area (Å²) in [5.41, 5.74) is 7.18. The summed E-state index contributed by atoms with van der Waals surface area (Å²) in [5, 5.41) is 7.24. The van der Waals surface area contributed by atoms with Crippen molar-refractivity contribution < 1.29 is 9.13 Å². The van der Waals surface area contributed by atoms with E-state index < -0.39 is 0 Å². The molecule has 4 rings (SSSR count). The maximum Gasteiger partial charge on any atom is 0.205 e. The number of nitrogens with one attached hydrogen (secondary N) is 2. The number of para-hydroxylation sites is 2. The predicted octanol–water partition coefficient (Wildman–Crippen LogP) is 7.55. The van der Waals surface area contributed by atoms with E-state index in [1.807, 2.05) is 21.6 Å². The van der Waals surface area contributed by atoms with Gasteiger partial charge < -0.3 is 10.6 Å². The highest BCUT2D eigenvalue weighted by Crippen LogP contribution is 2.23. The molecule has 0 radical (unpaired) electrons. The number of hydrogen-bond donors (Lipinski definition) is 2. The Labute approximate surface area is 247 Å². The fraction of sp³-hybridized carbons (Fsp3) is 0.235. The molecule has 0 saturated carbocycles. The van der Waals surface area contributed by atoms with Crippen LogP contribution in [0.5, 0.6) is 0 Å². The van der Waals surface area contributed by atoms with E-state index in [-0.39, 0.29) is 0 Å². The van der Waals surface area contributed by atoms with Crippen molar-refractivity contribution >= 4 is 57.3 Å². The highest BCUT2D eigenvalue weighted by molar-refractivity contribution is 8.76. The third-order valence-corrected chi connectivity index (χ3v) is 8.92. The molecule has 2 aromatic heterocycles. The summed E-state index contributed by atoms with van der Waals surface area (Å²) >= 11 is 0. The average molecular weight is 569 g/mol. The Morgan fingerprint density at radius 2 is 0.975 bits per heavy atom. The number of aromatic nitrogens is 2. The number of anilines is 2. The summed E-state index contributed by atoms with van der Waals surface area (Å²) in [5.74, 6) is 2.09. The van der Waals surface area contributed by atoms with Gasteiger partial charge >= 0.3 is 0 Å². The van der Waals surface area contributed by atoms with Crippen LogP contribution in [0.3, 0.4) is 0 Å². The number of aryl methyl sites for hydroxylation is 2. The monoisotopic (exact) mass is 568 g/mol. The Morgan fingerprint density at radius 3 is 1.43 bits per heavy atom. The second-order valence-electron chi connectivity index (χ2n) is 9.16. The summed E-state index contributed by atoms with van der Waals surface area (Å²) in [6.45, 7) is 8.12. The Kier molecular flexibility index (Phi) is 12.2. The Balaban J connectivity index is 1.19. The predicted molar refractivity (Wildman–Crippen MR) is 177 cm³/mol. The molecule has 0 fully saturated rings. The van der Waals surface area contributed by atoms with Crippen molar-refractivity contribution in [2.45, 2.75) is 26.9 Å². The van der Waals surface area contributed by atoms with Crippen LogP contribution in [0.2, 0.25) is 0 Å². The lowest BCUT2D eigenvalue weighted by molar-refractivity contribution is -0.695. The normalized spacial score (nSPS) is 11.3. The van der Waals surface area contributed by atoms with E-state index in [0.29, 0.717) is 0 Å². The van der Waals surface area contributed by atoms with Gasteiger partial charge in [-0.2, -0.15) is 9.13 Å². The number of benzene rings is 2. The molecule has 6 heteroatoms. The lowest BCUT2D eigenvalue weighted by Crippen LogP contribution is -2.34. The van der Waals surface area contributed by atoms with Crippen LogP contribution in [0.1, 0.15) is 36.4 Å². The number of hydrogen-bond acceptors (Lipinski definition) is 4. The molecule has 0 aliphatic rings. The Morgan fingerprint density at radius 1 is 0.550 bits per heavy atom. The van der Waals surface area contributed by atoms with E-state index in [0.717, 1.165) is 37.7 Å². The van der Waals surface area contributed by atoms with Crippen molar-refractivity contribution in [1.29, 1.82) is 0 Å². The molecule has 0 spiro atoms. The standard InChI is InChI=1S/C34H38N4S2/c1-3-37-25-11-9-15-31(37)21-19-29-13-5-7-17-33(29)35-23-27-39-40-28-24-36-34-18-8-6-14-30(34)20-22-32-16-10-12-26-38(32)4-2/h5-22,25-26H,3-4,23-24,27-28H2,1-2H3/p+2. The van der Waals surface area contributed by atoms with Crippen LogP contribution < -0.4 is 19.8 Å². The van der Waals surface area contributed by atoms with Gasteiger partial charge in [-0.25, -0.2) is 0 Å². The molecule has 4 nitrogen and oxygen atoms in total. The van der Waals surface area contributed by atoms with Crippen LogP contribution in [-0.2, 0) is 13.1 Å². The third-order valence-electron chi connectivity index (χ3n) is 6.51. The van der Waals surface area contributed by atoms with Gasteiger partial charge in [-0.15, -0.1) is 0 Å². The number of rotatable bonds is 15. The molecular formula is C34H40N4S2+2. The molecule has 2 heterocycles. The van der Waals surface area contributed by atoms with Crippen LogP contribution in [0.15, 0.2) is 97.3 Å². The van der Waals surface area contributed by atoms with Crippen LogP contribution >= 0.6 is 21.6 Å². The summed E-state index contributed by atoms with van der Waals surface area (Å²) in [7, 11) is 3.84. The molecule has 2 N–H and O–H groups in total. The lowest BCUT2D eigenvalue weighted by Gasteiger charge is -2.10. The largest absolute Gasteiger partial charge is 0.384 e. The highest BCUT2D eigenvalue weighted by Gasteiger charge is 2.05. The molecule has 0 bridgehead atoms. The zero-order chi connectivity index (χ0) is 27.8. The summed E-state index contributed by atoms with van der Waals surface area (Å²) < 4.78 is 4.49. The molecule has 0 aliphatic carbocycles. The van der Waals surface area contributed by atoms with Gasteiger partial charge in [-0.05, 0) is 61.4 Å². The molecule has 4 aromatic rings. The minimum atomic E-state index is 0.932. The second-order valence-corrected chi connectivity index (χ2v) is 11.9. The molecule has 0 saturated heterocycles. The highest BCUT2D eigenvalue weighted by atomic mass is 33.1. The van der Waals surface area contributed by atoms with E-state index in [1.165, 1.54) is 33.9 Å². The zero-order valence-electron chi connectivity index (χ0n) is 23.5. The number of pyridine rings is 2. The first kappa shape index (κ1) is 29.5. The van der Waals surface area contributed by atoms with Crippen molar-refractivity contribution in [3.05, 3.63) is 120 Å². The maximum atomic E-state index is 3.62. The first-order chi connectivity index (χ1) is 19.8. The van der Waals surface area contributed by atoms with Gasteiger partial charge in [0.25, 0.3) is 0 Å². The Bertz CT molecular complexity index is 1290. The third kappa shape index (κ3) is 9.04. The maximum absolute atomic E-state index is 3.62. The molecule has 0 amide bonds. The van der Waals surface area contributed by atoms with Gasteiger partial charge in [0.05, 0.1) is 0 Å². The summed E-state index contributed by atoms with van der Waals surface area (Å²) in [6.07, 6.45) is 13.0. The van der Waals surface area contributed by atoms with Gasteiger partial charge in [-0.1, -0.05) is 58.0 Å². The molecule has 0 unspecified atom stereocenters. The van der Waals surface area contributed by atoms with Crippen LogP contribution in [0.4, 0.5) is 11.4 Å². The van der Waals surface area contributed by atoms with Gasteiger partial charge in [-0.3, -0.25) is 0 Å². The van der Waals surface area contributed by atoms with E-state index in [4.69, 9.17) is 0 Å². The van der Waals surface area contributed by atoms with Crippen LogP contribution in [0, 0.1) is 0 Å². The van der Waals surface area contributed by atoms with E-state index >= 15 is 0 Å².